The lowest BCUT2D eigenvalue weighted by Gasteiger charge is -2.34. The zero-order valence-corrected chi connectivity index (χ0v) is 14.9. The van der Waals surface area contributed by atoms with Crippen molar-refractivity contribution >= 4 is 34.4 Å². The second-order valence-electron chi connectivity index (χ2n) is 6.42. The van der Waals surface area contributed by atoms with Crippen molar-refractivity contribution < 1.29 is 4.79 Å². The van der Waals surface area contributed by atoms with Crippen molar-refractivity contribution in [3.05, 3.63) is 48.0 Å². The molecule has 3 N–H and O–H groups in total. The number of aromatic nitrogens is 3. The van der Waals surface area contributed by atoms with Crippen molar-refractivity contribution in [2.45, 2.75) is 18.9 Å². The summed E-state index contributed by atoms with van der Waals surface area (Å²) in [7, 11) is 0. The van der Waals surface area contributed by atoms with Gasteiger partial charge in [0, 0.05) is 48.0 Å². The van der Waals surface area contributed by atoms with Crippen molar-refractivity contribution in [3.8, 4) is 5.69 Å². The van der Waals surface area contributed by atoms with Gasteiger partial charge >= 0.3 is 6.03 Å². The van der Waals surface area contributed by atoms with Gasteiger partial charge in [0.2, 0.25) is 0 Å². The van der Waals surface area contributed by atoms with Gasteiger partial charge in [-0.1, -0.05) is 11.6 Å². The molecule has 0 saturated carbocycles. The minimum Gasteiger partial charge on any atom is -0.354 e. The van der Waals surface area contributed by atoms with E-state index in [0.717, 1.165) is 41.8 Å². The van der Waals surface area contributed by atoms with Gasteiger partial charge in [-0.15, -0.1) is 0 Å². The van der Waals surface area contributed by atoms with Gasteiger partial charge in [0.25, 0.3) is 0 Å². The quantitative estimate of drug-likeness (QED) is 0.741. The molecule has 0 bridgehead atoms. The maximum atomic E-state index is 11.2. The van der Waals surface area contributed by atoms with Crippen LogP contribution in [0.3, 0.4) is 0 Å². The van der Waals surface area contributed by atoms with E-state index in [1.165, 1.54) is 0 Å². The molecule has 0 aliphatic carbocycles. The molecule has 0 spiro atoms. The summed E-state index contributed by atoms with van der Waals surface area (Å²) in [6, 6.07) is 7.27. The average molecular weight is 371 g/mol. The number of primary amides is 1. The number of hydrogen-bond acceptors (Lipinski definition) is 4. The van der Waals surface area contributed by atoms with Crippen LogP contribution >= 0.6 is 11.6 Å². The summed E-state index contributed by atoms with van der Waals surface area (Å²) in [5.41, 5.74) is 7.09. The summed E-state index contributed by atoms with van der Waals surface area (Å²) in [6.45, 7) is 1.55. The Hall–Kier alpha value is -2.80. The minimum atomic E-state index is -0.491. The molecule has 0 radical (unpaired) electrons. The Labute approximate surface area is 155 Å². The smallest absolute Gasteiger partial charge is 0.312 e. The summed E-state index contributed by atoms with van der Waals surface area (Å²) in [5.74, 6) is 0.847. The number of urea groups is 1. The van der Waals surface area contributed by atoms with E-state index in [9.17, 15) is 4.79 Å². The third-order valence-electron chi connectivity index (χ3n) is 4.61. The summed E-state index contributed by atoms with van der Waals surface area (Å²) in [5, 5.41) is 4.45. The maximum absolute atomic E-state index is 11.2. The predicted octanol–water partition coefficient (Wildman–Crippen LogP) is 2.71. The fourth-order valence-electron chi connectivity index (χ4n) is 3.45. The van der Waals surface area contributed by atoms with Crippen LogP contribution in [0.4, 0.5) is 10.6 Å². The number of nitrogens with one attached hydrogen (secondary N) is 1. The largest absolute Gasteiger partial charge is 0.354 e. The first kappa shape index (κ1) is 16.7. The minimum absolute atomic E-state index is 0.0230. The molecule has 3 aromatic rings. The number of pyridine rings is 1. The van der Waals surface area contributed by atoms with Crippen molar-refractivity contribution in [1.29, 1.82) is 0 Å². The molecule has 2 amide bonds. The molecular weight excluding hydrogens is 352 g/mol. The predicted molar refractivity (Wildman–Crippen MR) is 102 cm³/mol. The Morgan fingerprint density at radius 2 is 2.23 bits per heavy atom. The first-order chi connectivity index (χ1) is 12.6. The summed E-state index contributed by atoms with van der Waals surface area (Å²) >= 11 is 6.18. The van der Waals surface area contributed by atoms with E-state index in [4.69, 9.17) is 22.3 Å². The number of benzene rings is 1. The SMILES string of the molecule is NC(=O)NC1CCCN(c2cc(-n3ccnc3)c3ccc(Cl)cc3n2)C1. The van der Waals surface area contributed by atoms with Gasteiger partial charge < -0.3 is 20.5 Å². The van der Waals surface area contributed by atoms with Gasteiger partial charge in [0.1, 0.15) is 5.82 Å². The van der Waals surface area contributed by atoms with Gasteiger partial charge in [-0.2, -0.15) is 0 Å². The molecule has 2 aromatic heterocycles. The van der Waals surface area contributed by atoms with Gasteiger partial charge in [-0.25, -0.2) is 14.8 Å². The van der Waals surface area contributed by atoms with Crippen LogP contribution in [0.5, 0.6) is 0 Å². The second kappa shape index (κ2) is 6.84. The Bertz CT molecular complexity index is 942. The van der Waals surface area contributed by atoms with Gasteiger partial charge in [-0.3, -0.25) is 0 Å². The maximum Gasteiger partial charge on any atom is 0.312 e. The fourth-order valence-corrected chi connectivity index (χ4v) is 3.62. The molecule has 1 saturated heterocycles. The zero-order valence-electron chi connectivity index (χ0n) is 14.1. The van der Waals surface area contributed by atoms with Gasteiger partial charge in [0.15, 0.2) is 0 Å². The standard InChI is InChI=1S/C18H19ClN6O/c19-12-3-4-14-15(8-12)23-17(9-16(14)25-7-5-21-11-25)24-6-1-2-13(10-24)22-18(20)26/h3-5,7-9,11,13H,1-2,6,10H2,(H3,20,22,26). The highest BCUT2D eigenvalue weighted by atomic mass is 35.5. The number of carbonyl (C=O) groups is 1. The lowest BCUT2D eigenvalue weighted by atomic mass is 10.1. The molecule has 1 aromatic carbocycles. The number of fused-ring (bicyclic) bond motifs is 1. The van der Waals surface area contributed by atoms with Crippen LogP contribution < -0.4 is 16.0 Å². The Balaban J connectivity index is 1.76. The molecule has 7 nitrogen and oxygen atoms in total. The van der Waals surface area contributed by atoms with Gasteiger partial charge in [-0.05, 0) is 31.0 Å². The summed E-state index contributed by atoms with van der Waals surface area (Å²) < 4.78 is 1.96. The highest BCUT2D eigenvalue weighted by Gasteiger charge is 2.22. The molecule has 134 valence electrons. The topological polar surface area (TPSA) is 89.1 Å². The first-order valence-corrected chi connectivity index (χ1v) is 8.87. The number of piperidine rings is 1. The van der Waals surface area contributed by atoms with E-state index < -0.39 is 6.03 Å². The molecule has 8 heteroatoms. The first-order valence-electron chi connectivity index (χ1n) is 8.50. The molecule has 4 rings (SSSR count). The number of amides is 2. The van der Waals surface area contributed by atoms with Crippen molar-refractivity contribution in [2.75, 3.05) is 18.0 Å². The van der Waals surface area contributed by atoms with Crippen molar-refractivity contribution in [1.82, 2.24) is 19.9 Å². The van der Waals surface area contributed by atoms with E-state index in [2.05, 4.69) is 15.2 Å². The fraction of sp³-hybridized carbons (Fsp3) is 0.278. The molecule has 26 heavy (non-hydrogen) atoms. The second-order valence-corrected chi connectivity index (χ2v) is 6.86. The molecule has 1 unspecified atom stereocenters. The Morgan fingerprint density at radius 3 is 3.00 bits per heavy atom. The third kappa shape index (κ3) is 3.30. The van der Waals surface area contributed by atoms with Crippen LogP contribution in [0.2, 0.25) is 5.02 Å². The van der Waals surface area contributed by atoms with Crippen molar-refractivity contribution in [3.63, 3.8) is 0 Å². The number of rotatable bonds is 3. The molecular formula is C18H19ClN6O. The van der Waals surface area contributed by atoms with E-state index in [-0.39, 0.29) is 6.04 Å². The van der Waals surface area contributed by atoms with Crippen LogP contribution in [0.25, 0.3) is 16.6 Å². The monoisotopic (exact) mass is 370 g/mol. The lowest BCUT2D eigenvalue weighted by molar-refractivity contribution is 0.243. The molecule has 3 heterocycles. The van der Waals surface area contributed by atoms with E-state index in [1.54, 1.807) is 12.5 Å². The number of nitrogens with zero attached hydrogens (tertiary/aromatic N) is 4. The third-order valence-corrected chi connectivity index (χ3v) is 4.85. The van der Waals surface area contributed by atoms with E-state index in [0.29, 0.717) is 11.6 Å². The zero-order chi connectivity index (χ0) is 18.1. The molecule has 1 aliphatic rings. The van der Waals surface area contributed by atoms with Crippen LogP contribution in [0.15, 0.2) is 43.0 Å². The Kier molecular flexibility index (Phi) is 4.38. The molecule has 1 fully saturated rings. The van der Waals surface area contributed by atoms with Crippen LogP contribution in [0.1, 0.15) is 12.8 Å². The highest BCUT2D eigenvalue weighted by molar-refractivity contribution is 6.31. The van der Waals surface area contributed by atoms with Crippen LogP contribution in [0, 0.1) is 0 Å². The summed E-state index contributed by atoms with van der Waals surface area (Å²) in [6.07, 6.45) is 7.28. The van der Waals surface area contributed by atoms with Crippen LogP contribution in [-0.4, -0.2) is 39.7 Å². The number of halogens is 1. The van der Waals surface area contributed by atoms with E-state index >= 15 is 0 Å². The van der Waals surface area contributed by atoms with E-state index in [1.807, 2.05) is 35.0 Å². The molecule has 1 aliphatic heterocycles. The Morgan fingerprint density at radius 1 is 1.35 bits per heavy atom. The number of hydrogen-bond donors (Lipinski definition) is 2. The lowest BCUT2D eigenvalue weighted by Crippen LogP contribution is -2.49. The number of imidazole rings is 1. The number of anilines is 1. The normalized spacial score (nSPS) is 17.4. The number of carbonyl (C=O) groups excluding carboxylic acids is 1. The van der Waals surface area contributed by atoms with Crippen molar-refractivity contribution in [2.24, 2.45) is 5.73 Å². The summed E-state index contributed by atoms with van der Waals surface area (Å²) in [4.78, 5) is 22.3. The average Bonchev–Trinajstić information content (AvgIpc) is 3.14. The number of nitrogens with two attached hydrogens (primary N) is 1. The molecule has 1 atom stereocenters. The van der Waals surface area contributed by atoms with Gasteiger partial charge in [0.05, 0.1) is 17.5 Å². The highest BCUT2D eigenvalue weighted by Crippen LogP contribution is 2.29. The van der Waals surface area contributed by atoms with Crippen LogP contribution in [-0.2, 0) is 0 Å².